The molecule has 0 heterocycles. The summed E-state index contributed by atoms with van der Waals surface area (Å²) in [5.74, 6) is 5.22. The van der Waals surface area contributed by atoms with Gasteiger partial charge >= 0.3 is 0 Å². The zero-order chi connectivity index (χ0) is 31.9. The maximum Gasteiger partial charge on any atom is 0.143 e. The van der Waals surface area contributed by atoms with Crippen molar-refractivity contribution in [3.63, 3.8) is 0 Å². The first-order valence-corrected chi connectivity index (χ1v) is 18.8. The van der Waals surface area contributed by atoms with Gasteiger partial charge in [0.1, 0.15) is 12.1 Å². The highest BCUT2D eigenvalue weighted by Gasteiger charge is 2.25. The highest BCUT2D eigenvalue weighted by molar-refractivity contribution is 5.93. The number of hydrogen-bond acceptors (Lipinski definition) is 2. The normalized spacial score (nSPS) is 17.1. The Hall–Kier alpha value is -0.660. The SMILES string of the molecule is CC(C)CCCC(C)CCCC(C)CCCC(C)CC(=O)C(C=O)C(C)CCCC(C)CCCC(C)CCCC(C)C. The van der Waals surface area contributed by atoms with Gasteiger partial charge in [0.2, 0.25) is 0 Å². The van der Waals surface area contributed by atoms with Gasteiger partial charge in [-0.05, 0) is 53.8 Å². The Morgan fingerprint density at radius 2 is 0.714 bits per heavy atom. The van der Waals surface area contributed by atoms with Gasteiger partial charge in [-0.3, -0.25) is 4.79 Å². The second-order valence-electron chi connectivity index (χ2n) is 16.2. The fraction of sp³-hybridized carbons (Fsp3) is 0.950. The second kappa shape index (κ2) is 25.6. The van der Waals surface area contributed by atoms with Crippen LogP contribution in [0.4, 0.5) is 0 Å². The Balaban J connectivity index is 4.10. The van der Waals surface area contributed by atoms with E-state index in [1.807, 2.05) is 0 Å². The zero-order valence-corrected chi connectivity index (χ0v) is 30.5. The fourth-order valence-electron chi connectivity index (χ4n) is 6.85. The molecule has 0 spiro atoms. The minimum atomic E-state index is -0.407. The average Bonchev–Trinajstić information content (AvgIpc) is 2.88. The molecule has 2 heteroatoms. The Labute approximate surface area is 265 Å². The van der Waals surface area contributed by atoms with Gasteiger partial charge in [-0.2, -0.15) is 0 Å². The molecule has 0 N–H and O–H groups in total. The monoisotopic (exact) mass is 591 g/mol. The fourth-order valence-corrected chi connectivity index (χ4v) is 6.85. The Bertz CT molecular complexity index is 638. The molecular formula is C40H78O2. The minimum Gasteiger partial charge on any atom is -0.303 e. The van der Waals surface area contributed by atoms with Gasteiger partial charge in [-0.1, -0.05) is 178 Å². The van der Waals surface area contributed by atoms with Crippen LogP contribution >= 0.6 is 0 Å². The molecule has 0 aromatic carbocycles. The number of aldehydes is 1. The third-order valence-electron chi connectivity index (χ3n) is 10.2. The van der Waals surface area contributed by atoms with E-state index in [9.17, 15) is 9.59 Å². The molecule has 0 rings (SSSR count). The highest BCUT2D eigenvalue weighted by Crippen LogP contribution is 2.27. The van der Waals surface area contributed by atoms with Gasteiger partial charge in [0.15, 0.2) is 0 Å². The van der Waals surface area contributed by atoms with Crippen molar-refractivity contribution in [3.05, 3.63) is 0 Å². The van der Waals surface area contributed by atoms with Gasteiger partial charge < -0.3 is 4.79 Å². The van der Waals surface area contributed by atoms with E-state index in [1.165, 1.54) is 96.3 Å². The molecule has 0 aromatic rings. The summed E-state index contributed by atoms with van der Waals surface area (Å²) in [6.07, 6.45) is 24.8. The summed E-state index contributed by atoms with van der Waals surface area (Å²) >= 11 is 0. The van der Waals surface area contributed by atoms with Gasteiger partial charge in [0.05, 0.1) is 5.92 Å². The molecule has 0 aromatic heterocycles. The van der Waals surface area contributed by atoms with E-state index in [1.54, 1.807) is 0 Å². The summed E-state index contributed by atoms with van der Waals surface area (Å²) in [5.41, 5.74) is 0. The Kier molecular flexibility index (Phi) is 25.2. The lowest BCUT2D eigenvalue weighted by molar-refractivity contribution is -0.130. The Morgan fingerprint density at radius 3 is 1.02 bits per heavy atom. The third kappa shape index (κ3) is 23.8. The molecule has 0 radical (unpaired) electrons. The van der Waals surface area contributed by atoms with Crippen molar-refractivity contribution in [2.45, 2.75) is 191 Å². The van der Waals surface area contributed by atoms with E-state index in [0.717, 1.165) is 61.1 Å². The molecule has 0 saturated carbocycles. The van der Waals surface area contributed by atoms with Crippen molar-refractivity contribution in [3.8, 4) is 0 Å². The van der Waals surface area contributed by atoms with E-state index in [0.29, 0.717) is 12.3 Å². The molecule has 250 valence electrons. The minimum absolute atomic E-state index is 0.170. The van der Waals surface area contributed by atoms with Crippen molar-refractivity contribution in [2.75, 3.05) is 0 Å². The maximum atomic E-state index is 13.0. The first-order valence-electron chi connectivity index (χ1n) is 18.8. The molecule has 0 aliphatic rings. The van der Waals surface area contributed by atoms with Crippen LogP contribution in [0.1, 0.15) is 191 Å². The molecule has 42 heavy (non-hydrogen) atoms. The largest absolute Gasteiger partial charge is 0.303 e. The van der Waals surface area contributed by atoms with Crippen molar-refractivity contribution in [2.24, 2.45) is 53.3 Å². The van der Waals surface area contributed by atoms with E-state index >= 15 is 0 Å². The molecule has 0 fully saturated rings. The quantitative estimate of drug-likeness (QED) is 0.0641. The lowest BCUT2D eigenvalue weighted by Gasteiger charge is -2.21. The van der Waals surface area contributed by atoms with E-state index in [-0.39, 0.29) is 11.7 Å². The second-order valence-corrected chi connectivity index (χ2v) is 16.2. The lowest BCUT2D eigenvalue weighted by atomic mass is 9.82. The van der Waals surface area contributed by atoms with E-state index < -0.39 is 5.92 Å². The first kappa shape index (κ1) is 41.3. The van der Waals surface area contributed by atoms with Gasteiger partial charge in [-0.25, -0.2) is 0 Å². The van der Waals surface area contributed by atoms with E-state index in [4.69, 9.17) is 0 Å². The molecule has 0 saturated heterocycles. The molecule has 0 aliphatic carbocycles. The summed E-state index contributed by atoms with van der Waals surface area (Å²) < 4.78 is 0. The van der Waals surface area contributed by atoms with Crippen LogP contribution in [0.25, 0.3) is 0 Å². The van der Waals surface area contributed by atoms with Crippen molar-refractivity contribution < 1.29 is 9.59 Å². The van der Waals surface area contributed by atoms with Crippen LogP contribution in [-0.2, 0) is 9.59 Å². The molecular weight excluding hydrogens is 512 g/mol. The van der Waals surface area contributed by atoms with Gasteiger partial charge in [0, 0.05) is 6.42 Å². The summed E-state index contributed by atoms with van der Waals surface area (Å²) in [6.45, 7) is 23.3. The summed E-state index contributed by atoms with van der Waals surface area (Å²) in [6, 6.07) is 0. The van der Waals surface area contributed by atoms with E-state index in [2.05, 4.69) is 69.2 Å². The predicted octanol–water partition coefficient (Wildman–Crippen LogP) is 12.9. The van der Waals surface area contributed by atoms with Crippen LogP contribution in [0.5, 0.6) is 0 Å². The van der Waals surface area contributed by atoms with Gasteiger partial charge in [-0.15, -0.1) is 0 Å². The van der Waals surface area contributed by atoms with Crippen LogP contribution in [0, 0.1) is 53.3 Å². The molecule has 7 unspecified atom stereocenters. The number of carbonyl (C=O) groups excluding carboxylic acids is 2. The van der Waals surface area contributed by atoms with Crippen LogP contribution in [0.3, 0.4) is 0 Å². The topological polar surface area (TPSA) is 34.1 Å². The molecule has 7 atom stereocenters. The lowest BCUT2D eigenvalue weighted by Crippen LogP contribution is -2.25. The van der Waals surface area contributed by atoms with Crippen LogP contribution in [0.2, 0.25) is 0 Å². The predicted molar refractivity (Wildman–Crippen MR) is 187 cm³/mol. The van der Waals surface area contributed by atoms with Crippen LogP contribution < -0.4 is 0 Å². The highest BCUT2D eigenvalue weighted by atomic mass is 16.1. The number of ketones is 1. The van der Waals surface area contributed by atoms with Crippen LogP contribution in [0.15, 0.2) is 0 Å². The maximum absolute atomic E-state index is 13.0. The standard InChI is InChI=1S/C40H78O2/c1-31(2)17-11-19-33(5)21-13-23-35(7)25-15-27-37(9)29-40(42)39(30-41)38(10)28-16-26-36(8)24-14-22-34(6)20-12-18-32(3)4/h30-39H,11-29H2,1-10H3. The molecule has 0 amide bonds. The molecule has 0 aliphatic heterocycles. The summed E-state index contributed by atoms with van der Waals surface area (Å²) in [4.78, 5) is 24.9. The average molecular weight is 591 g/mol. The third-order valence-corrected chi connectivity index (χ3v) is 10.2. The Morgan fingerprint density at radius 1 is 0.429 bits per heavy atom. The zero-order valence-electron chi connectivity index (χ0n) is 30.5. The van der Waals surface area contributed by atoms with Gasteiger partial charge in [0.25, 0.3) is 0 Å². The van der Waals surface area contributed by atoms with Crippen molar-refractivity contribution in [1.29, 1.82) is 0 Å². The summed E-state index contributed by atoms with van der Waals surface area (Å²) in [5, 5.41) is 0. The molecule has 2 nitrogen and oxygen atoms in total. The van der Waals surface area contributed by atoms with Crippen LogP contribution in [-0.4, -0.2) is 12.1 Å². The number of Topliss-reactive ketones (excluding diaryl/α,β-unsaturated/α-hetero) is 1. The smallest absolute Gasteiger partial charge is 0.143 e. The van der Waals surface area contributed by atoms with Crippen molar-refractivity contribution in [1.82, 2.24) is 0 Å². The first-order chi connectivity index (χ1) is 19.8. The number of hydrogen-bond donors (Lipinski definition) is 0. The number of carbonyl (C=O) groups is 2. The molecule has 0 bridgehead atoms. The van der Waals surface area contributed by atoms with Crippen molar-refractivity contribution >= 4 is 12.1 Å². The number of rotatable bonds is 29. The summed E-state index contributed by atoms with van der Waals surface area (Å²) in [7, 11) is 0.